The van der Waals surface area contributed by atoms with Crippen molar-refractivity contribution in [3.8, 4) is 5.75 Å². The molecule has 1 amide bonds. The van der Waals surface area contributed by atoms with E-state index in [-0.39, 0.29) is 5.91 Å². The molecule has 0 bridgehead atoms. The van der Waals surface area contributed by atoms with Gasteiger partial charge < -0.3 is 19.0 Å². The zero-order valence-corrected chi connectivity index (χ0v) is 18.8. The molecule has 0 spiro atoms. The Bertz CT molecular complexity index is 1190. The van der Waals surface area contributed by atoms with Crippen LogP contribution in [0.25, 0.3) is 11.0 Å². The van der Waals surface area contributed by atoms with Crippen molar-refractivity contribution < 1.29 is 13.9 Å². The Morgan fingerprint density at radius 2 is 2.00 bits per heavy atom. The molecule has 4 rings (SSSR count). The van der Waals surface area contributed by atoms with E-state index in [1.807, 2.05) is 18.2 Å². The summed E-state index contributed by atoms with van der Waals surface area (Å²) in [7, 11) is 0. The molecule has 6 heteroatoms. The van der Waals surface area contributed by atoms with Crippen LogP contribution < -0.4 is 10.1 Å². The largest absolute Gasteiger partial charge is 0.491 e. The second-order valence-electron chi connectivity index (χ2n) is 8.20. The first-order chi connectivity index (χ1) is 15.5. The summed E-state index contributed by atoms with van der Waals surface area (Å²) in [6.07, 6.45) is 2.11. The van der Waals surface area contributed by atoms with E-state index >= 15 is 0 Å². The molecule has 2 aromatic heterocycles. The van der Waals surface area contributed by atoms with E-state index in [4.69, 9.17) is 14.1 Å². The van der Waals surface area contributed by atoms with Gasteiger partial charge >= 0.3 is 0 Å². The third-order valence-corrected chi connectivity index (χ3v) is 5.48. The SMILES string of the molecule is Cc1ccc(C(C)C)c(OCCn2c(CCNC(=O)c3ccco3)nc3ccccc32)c1. The Kier molecular flexibility index (Phi) is 6.59. The van der Waals surface area contributed by atoms with Crippen LogP contribution in [-0.4, -0.2) is 28.6 Å². The molecule has 0 aliphatic heterocycles. The fourth-order valence-corrected chi connectivity index (χ4v) is 3.84. The maximum Gasteiger partial charge on any atom is 0.286 e. The number of hydrogen-bond acceptors (Lipinski definition) is 4. The van der Waals surface area contributed by atoms with Crippen LogP contribution in [0.3, 0.4) is 0 Å². The average Bonchev–Trinajstić information content (AvgIpc) is 3.42. The van der Waals surface area contributed by atoms with Gasteiger partial charge in [0.15, 0.2) is 5.76 Å². The van der Waals surface area contributed by atoms with Crippen LogP contribution in [0.15, 0.2) is 65.3 Å². The summed E-state index contributed by atoms with van der Waals surface area (Å²) in [5, 5.41) is 2.90. The molecule has 2 heterocycles. The molecular formula is C26H29N3O3. The van der Waals surface area contributed by atoms with Gasteiger partial charge in [0.25, 0.3) is 5.91 Å². The van der Waals surface area contributed by atoms with E-state index in [0.29, 0.717) is 37.8 Å². The summed E-state index contributed by atoms with van der Waals surface area (Å²) in [6, 6.07) is 17.8. The number of furan rings is 1. The van der Waals surface area contributed by atoms with Gasteiger partial charge in [-0.15, -0.1) is 0 Å². The molecule has 0 atom stereocenters. The number of nitrogens with zero attached hydrogens (tertiary/aromatic N) is 2. The van der Waals surface area contributed by atoms with E-state index in [2.05, 4.69) is 54.9 Å². The summed E-state index contributed by atoms with van der Waals surface area (Å²) >= 11 is 0. The highest BCUT2D eigenvalue weighted by Gasteiger charge is 2.13. The quantitative estimate of drug-likeness (QED) is 0.400. The number of aromatic nitrogens is 2. The predicted molar refractivity (Wildman–Crippen MR) is 125 cm³/mol. The Morgan fingerprint density at radius 3 is 2.78 bits per heavy atom. The Labute approximate surface area is 188 Å². The van der Waals surface area contributed by atoms with Gasteiger partial charge in [-0.25, -0.2) is 4.98 Å². The lowest BCUT2D eigenvalue weighted by Crippen LogP contribution is -2.26. The summed E-state index contributed by atoms with van der Waals surface area (Å²) in [5.41, 5.74) is 4.41. The first-order valence-corrected chi connectivity index (χ1v) is 11.0. The van der Waals surface area contributed by atoms with Crippen molar-refractivity contribution in [2.75, 3.05) is 13.2 Å². The lowest BCUT2D eigenvalue weighted by molar-refractivity contribution is 0.0926. The zero-order valence-electron chi connectivity index (χ0n) is 18.8. The number of aryl methyl sites for hydroxylation is 1. The molecular weight excluding hydrogens is 402 g/mol. The van der Waals surface area contributed by atoms with Crippen LogP contribution in [0, 0.1) is 6.92 Å². The normalized spacial score (nSPS) is 11.2. The van der Waals surface area contributed by atoms with E-state index in [1.54, 1.807) is 12.1 Å². The Morgan fingerprint density at radius 1 is 1.16 bits per heavy atom. The first kappa shape index (κ1) is 21.7. The number of para-hydroxylation sites is 2. The zero-order chi connectivity index (χ0) is 22.5. The Balaban J connectivity index is 1.46. The monoisotopic (exact) mass is 431 g/mol. The number of ether oxygens (including phenoxy) is 1. The average molecular weight is 432 g/mol. The molecule has 2 aromatic carbocycles. The van der Waals surface area contributed by atoms with Crippen LogP contribution in [0.5, 0.6) is 5.75 Å². The fraction of sp³-hybridized carbons (Fsp3) is 0.308. The van der Waals surface area contributed by atoms with Gasteiger partial charge in [0.2, 0.25) is 0 Å². The van der Waals surface area contributed by atoms with Crippen molar-refractivity contribution in [2.45, 2.75) is 39.7 Å². The number of hydrogen-bond donors (Lipinski definition) is 1. The molecule has 166 valence electrons. The number of amides is 1. The van der Waals surface area contributed by atoms with Crippen LogP contribution in [0.2, 0.25) is 0 Å². The predicted octanol–water partition coefficient (Wildman–Crippen LogP) is 5.11. The molecule has 0 aliphatic carbocycles. The number of nitrogens with one attached hydrogen (secondary N) is 1. The first-order valence-electron chi connectivity index (χ1n) is 11.0. The number of imidazole rings is 1. The molecule has 0 radical (unpaired) electrons. The minimum absolute atomic E-state index is 0.221. The minimum Gasteiger partial charge on any atom is -0.491 e. The van der Waals surface area contributed by atoms with Gasteiger partial charge in [0.1, 0.15) is 18.2 Å². The molecule has 0 fully saturated rings. The third-order valence-electron chi connectivity index (χ3n) is 5.48. The number of benzene rings is 2. The van der Waals surface area contributed by atoms with Gasteiger partial charge in [-0.1, -0.05) is 38.1 Å². The van der Waals surface area contributed by atoms with Crippen molar-refractivity contribution in [3.63, 3.8) is 0 Å². The highest BCUT2D eigenvalue weighted by Crippen LogP contribution is 2.27. The summed E-state index contributed by atoms with van der Waals surface area (Å²) in [5.74, 6) is 2.35. The standard InChI is InChI=1S/C26H29N3O3/c1-18(2)20-11-10-19(3)17-24(20)32-16-14-29-22-8-5-4-7-21(22)28-25(29)12-13-27-26(30)23-9-6-15-31-23/h4-11,15,17-18H,12-14,16H2,1-3H3,(H,27,30). The minimum atomic E-state index is -0.221. The number of carbonyl (C=O) groups is 1. The lowest BCUT2D eigenvalue weighted by atomic mass is 10.0. The maximum absolute atomic E-state index is 12.1. The summed E-state index contributed by atoms with van der Waals surface area (Å²) < 4.78 is 13.5. The molecule has 0 saturated heterocycles. The lowest BCUT2D eigenvalue weighted by Gasteiger charge is -2.16. The van der Waals surface area contributed by atoms with Gasteiger partial charge in [0.05, 0.1) is 23.8 Å². The van der Waals surface area contributed by atoms with Crippen molar-refractivity contribution in [1.29, 1.82) is 0 Å². The van der Waals surface area contributed by atoms with Crippen molar-refractivity contribution >= 4 is 16.9 Å². The highest BCUT2D eigenvalue weighted by molar-refractivity contribution is 5.91. The molecule has 4 aromatic rings. The van der Waals surface area contributed by atoms with Gasteiger partial charge in [-0.2, -0.15) is 0 Å². The summed E-state index contributed by atoms with van der Waals surface area (Å²) in [6.45, 7) is 8.11. The third kappa shape index (κ3) is 4.85. The van der Waals surface area contributed by atoms with E-state index < -0.39 is 0 Å². The second-order valence-corrected chi connectivity index (χ2v) is 8.20. The van der Waals surface area contributed by atoms with E-state index in [9.17, 15) is 4.79 Å². The van der Waals surface area contributed by atoms with E-state index in [0.717, 1.165) is 22.6 Å². The molecule has 0 unspecified atom stereocenters. The van der Waals surface area contributed by atoms with Crippen LogP contribution in [0.1, 0.15) is 47.3 Å². The fourth-order valence-electron chi connectivity index (χ4n) is 3.84. The van der Waals surface area contributed by atoms with Crippen LogP contribution in [0.4, 0.5) is 0 Å². The molecule has 0 aliphatic rings. The second kappa shape index (κ2) is 9.73. The smallest absolute Gasteiger partial charge is 0.286 e. The van der Waals surface area contributed by atoms with Gasteiger partial charge in [-0.05, 0) is 54.3 Å². The molecule has 6 nitrogen and oxygen atoms in total. The van der Waals surface area contributed by atoms with Crippen molar-refractivity contribution in [3.05, 3.63) is 83.6 Å². The number of fused-ring (bicyclic) bond motifs is 1. The highest BCUT2D eigenvalue weighted by atomic mass is 16.5. The van der Waals surface area contributed by atoms with Crippen LogP contribution in [-0.2, 0) is 13.0 Å². The van der Waals surface area contributed by atoms with Gasteiger partial charge in [0, 0.05) is 13.0 Å². The maximum atomic E-state index is 12.1. The summed E-state index contributed by atoms with van der Waals surface area (Å²) in [4.78, 5) is 16.9. The Hall–Kier alpha value is -3.54. The molecule has 32 heavy (non-hydrogen) atoms. The number of rotatable bonds is 9. The molecule has 1 N–H and O–H groups in total. The van der Waals surface area contributed by atoms with Crippen molar-refractivity contribution in [1.82, 2.24) is 14.9 Å². The topological polar surface area (TPSA) is 69.3 Å². The molecule has 0 saturated carbocycles. The number of carbonyl (C=O) groups excluding carboxylic acids is 1. The van der Waals surface area contributed by atoms with Crippen molar-refractivity contribution in [2.24, 2.45) is 0 Å². The van der Waals surface area contributed by atoms with Crippen LogP contribution >= 0.6 is 0 Å². The van der Waals surface area contributed by atoms with Gasteiger partial charge in [-0.3, -0.25) is 4.79 Å². The van der Waals surface area contributed by atoms with E-state index in [1.165, 1.54) is 17.4 Å².